The first-order chi connectivity index (χ1) is 10.7. The number of hydrogen-bond donors (Lipinski definition) is 2. The molecule has 3 nitrogen and oxygen atoms in total. The third-order valence-electron chi connectivity index (χ3n) is 3.68. The SMILES string of the molecule is Cc1cc(CCNc2ccc(-c3cn[nH]c3)cc2)ccc1F. The smallest absolute Gasteiger partial charge is 0.126 e. The molecule has 3 aromatic rings. The fourth-order valence-electron chi connectivity index (χ4n) is 2.40. The topological polar surface area (TPSA) is 40.7 Å². The molecule has 0 fully saturated rings. The average molecular weight is 295 g/mol. The predicted molar refractivity (Wildman–Crippen MR) is 87.4 cm³/mol. The second-order valence-electron chi connectivity index (χ2n) is 5.32. The van der Waals surface area contributed by atoms with Gasteiger partial charge in [0.2, 0.25) is 0 Å². The third kappa shape index (κ3) is 3.34. The molecule has 0 aliphatic rings. The van der Waals surface area contributed by atoms with Crippen LogP contribution in [0.15, 0.2) is 54.9 Å². The van der Waals surface area contributed by atoms with Crippen molar-refractivity contribution in [2.24, 2.45) is 0 Å². The van der Waals surface area contributed by atoms with Crippen molar-refractivity contribution in [1.82, 2.24) is 10.2 Å². The van der Waals surface area contributed by atoms with Gasteiger partial charge in [0.1, 0.15) is 5.82 Å². The highest BCUT2D eigenvalue weighted by Gasteiger charge is 2.01. The maximum Gasteiger partial charge on any atom is 0.126 e. The first-order valence-corrected chi connectivity index (χ1v) is 7.30. The summed E-state index contributed by atoms with van der Waals surface area (Å²) in [5.74, 6) is -0.147. The van der Waals surface area contributed by atoms with Gasteiger partial charge in [0, 0.05) is 24.0 Å². The highest BCUT2D eigenvalue weighted by Crippen LogP contribution is 2.20. The first-order valence-electron chi connectivity index (χ1n) is 7.30. The Bertz CT molecular complexity index is 734. The minimum absolute atomic E-state index is 0.147. The monoisotopic (exact) mass is 295 g/mol. The Morgan fingerprint density at radius 2 is 1.91 bits per heavy atom. The fraction of sp³-hybridized carbons (Fsp3) is 0.167. The highest BCUT2D eigenvalue weighted by atomic mass is 19.1. The first kappa shape index (κ1) is 14.3. The molecule has 3 rings (SSSR count). The van der Waals surface area contributed by atoms with Gasteiger partial charge in [0.05, 0.1) is 6.20 Å². The van der Waals surface area contributed by atoms with Crippen LogP contribution in [-0.2, 0) is 6.42 Å². The second kappa shape index (κ2) is 6.43. The zero-order valence-electron chi connectivity index (χ0n) is 12.4. The molecule has 0 aliphatic carbocycles. The summed E-state index contributed by atoms with van der Waals surface area (Å²) >= 11 is 0. The summed E-state index contributed by atoms with van der Waals surface area (Å²) in [7, 11) is 0. The standard InChI is InChI=1S/C18H18FN3/c1-13-10-14(2-7-18(13)19)8-9-20-17-5-3-15(4-6-17)16-11-21-22-12-16/h2-7,10-12,20H,8-9H2,1H3,(H,21,22). The van der Waals surface area contributed by atoms with Gasteiger partial charge in [0.15, 0.2) is 0 Å². The lowest BCUT2D eigenvalue weighted by atomic mass is 10.1. The minimum atomic E-state index is -0.147. The molecule has 4 heteroatoms. The van der Waals surface area contributed by atoms with Gasteiger partial charge in [-0.15, -0.1) is 0 Å². The van der Waals surface area contributed by atoms with Gasteiger partial charge in [-0.25, -0.2) is 4.39 Å². The van der Waals surface area contributed by atoms with Crippen molar-refractivity contribution >= 4 is 5.69 Å². The molecule has 0 radical (unpaired) electrons. The van der Waals surface area contributed by atoms with E-state index >= 15 is 0 Å². The Morgan fingerprint density at radius 1 is 1.09 bits per heavy atom. The number of H-pyrrole nitrogens is 1. The highest BCUT2D eigenvalue weighted by molar-refractivity contribution is 5.64. The summed E-state index contributed by atoms with van der Waals surface area (Å²) in [5.41, 5.74) is 5.12. The van der Waals surface area contributed by atoms with E-state index in [2.05, 4.69) is 39.8 Å². The number of halogens is 1. The van der Waals surface area contributed by atoms with Gasteiger partial charge in [0.25, 0.3) is 0 Å². The Kier molecular flexibility index (Phi) is 4.19. The summed E-state index contributed by atoms with van der Waals surface area (Å²) < 4.78 is 13.2. The van der Waals surface area contributed by atoms with Gasteiger partial charge in [-0.05, 0) is 48.2 Å². The summed E-state index contributed by atoms with van der Waals surface area (Å²) in [5, 5.41) is 10.1. The Hall–Kier alpha value is -2.62. The quantitative estimate of drug-likeness (QED) is 0.741. The molecule has 0 aliphatic heterocycles. The molecule has 0 spiro atoms. The van der Waals surface area contributed by atoms with Crippen LogP contribution in [0.1, 0.15) is 11.1 Å². The van der Waals surface area contributed by atoms with Crippen molar-refractivity contribution in [3.63, 3.8) is 0 Å². The van der Waals surface area contributed by atoms with E-state index in [-0.39, 0.29) is 5.82 Å². The van der Waals surface area contributed by atoms with Crippen LogP contribution in [-0.4, -0.2) is 16.7 Å². The van der Waals surface area contributed by atoms with Crippen molar-refractivity contribution in [2.45, 2.75) is 13.3 Å². The Morgan fingerprint density at radius 3 is 2.59 bits per heavy atom. The molecule has 112 valence electrons. The van der Waals surface area contributed by atoms with Gasteiger partial charge < -0.3 is 5.32 Å². The summed E-state index contributed by atoms with van der Waals surface area (Å²) in [4.78, 5) is 0. The van der Waals surface area contributed by atoms with Crippen LogP contribution in [0, 0.1) is 12.7 Å². The zero-order valence-corrected chi connectivity index (χ0v) is 12.4. The van der Waals surface area contributed by atoms with E-state index in [1.54, 1.807) is 13.1 Å². The van der Waals surface area contributed by atoms with Crippen LogP contribution in [0.25, 0.3) is 11.1 Å². The fourth-order valence-corrected chi connectivity index (χ4v) is 2.40. The van der Waals surface area contributed by atoms with Crippen LogP contribution < -0.4 is 5.32 Å². The third-order valence-corrected chi connectivity index (χ3v) is 3.68. The summed E-state index contributed by atoms with van der Waals surface area (Å²) in [6.45, 7) is 2.61. The van der Waals surface area contributed by atoms with Crippen LogP contribution >= 0.6 is 0 Å². The van der Waals surface area contributed by atoms with E-state index in [1.165, 1.54) is 6.07 Å². The Balaban J connectivity index is 1.56. The van der Waals surface area contributed by atoms with Crippen molar-refractivity contribution in [1.29, 1.82) is 0 Å². The van der Waals surface area contributed by atoms with Gasteiger partial charge in [-0.3, -0.25) is 5.10 Å². The number of aromatic nitrogens is 2. The summed E-state index contributed by atoms with van der Waals surface area (Å²) in [6.07, 6.45) is 4.54. The molecule has 1 heterocycles. The van der Waals surface area contributed by atoms with E-state index in [4.69, 9.17) is 0 Å². The van der Waals surface area contributed by atoms with Crippen LogP contribution in [0.5, 0.6) is 0 Å². The average Bonchev–Trinajstić information content (AvgIpc) is 3.06. The van der Waals surface area contributed by atoms with Gasteiger partial charge in [-0.1, -0.05) is 24.3 Å². The number of benzene rings is 2. The normalized spacial score (nSPS) is 10.6. The number of aryl methyl sites for hydroxylation is 1. The number of rotatable bonds is 5. The van der Waals surface area contributed by atoms with E-state index in [0.717, 1.165) is 35.3 Å². The molecule has 22 heavy (non-hydrogen) atoms. The largest absolute Gasteiger partial charge is 0.385 e. The second-order valence-corrected chi connectivity index (χ2v) is 5.32. The van der Waals surface area contributed by atoms with Crippen molar-refractivity contribution in [3.05, 3.63) is 71.8 Å². The molecule has 0 unspecified atom stereocenters. The molecule has 0 bridgehead atoms. The van der Waals surface area contributed by atoms with Gasteiger partial charge >= 0.3 is 0 Å². The number of nitrogens with one attached hydrogen (secondary N) is 2. The maximum absolute atomic E-state index is 13.2. The number of aromatic amines is 1. The lowest BCUT2D eigenvalue weighted by Crippen LogP contribution is -2.05. The molecule has 2 aromatic carbocycles. The van der Waals surface area contributed by atoms with Crippen LogP contribution in [0.2, 0.25) is 0 Å². The Labute approximate surface area is 129 Å². The molecule has 0 amide bonds. The minimum Gasteiger partial charge on any atom is -0.385 e. The molecule has 0 atom stereocenters. The van der Waals surface area contributed by atoms with Crippen LogP contribution in [0.4, 0.5) is 10.1 Å². The van der Waals surface area contributed by atoms with E-state index < -0.39 is 0 Å². The lowest BCUT2D eigenvalue weighted by molar-refractivity contribution is 0.617. The van der Waals surface area contributed by atoms with Crippen molar-refractivity contribution < 1.29 is 4.39 Å². The molecule has 1 aromatic heterocycles. The molecule has 0 saturated carbocycles. The van der Waals surface area contributed by atoms with E-state index in [9.17, 15) is 4.39 Å². The van der Waals surface area contributed by atoms with E-state index in [1.807, 2.05) is 18.3 Å². The summed E-state index contributed by atoms with van der Waals surface area (Å²) in [6, 6.07) is 13.5. The molecular weight excluding hydrogens is 277 g/mol. The number of anilines is 1. The predicted octanol–water partition coefficient (Wildman–Crippen LogP) is 4.18. The molecular formula is C18H18FN3. The maximum atomic E-state index is 13.2. The molecule has 0 saturated heterocycles. The van der Waals surface area contributed by atoms with Crippen LogP contribution in [0.3, 0.4) is 0 Å². The van der Waals surface area contributed by atoms with Crippen molar-refractivity contribution in [2.75, 3.05) is 11.9 Å². The molecule has 2 N–H and O–H groups in total. The van der Waals surface area contributed by atoms with E-state index in [0.29, 0.717) is 5.56 Å². The zero-order chi connectivity index (χ0) is 15.4. The number of hydrogen-bond acceptors (Lipinski definition) is 2. The van der Waals surface area contributed by atoms with Crippen molar-refractivity contribution in [3.8, 4) is 11.1 Å². The lowest BCUT2D eigenvalue weighted by Gasteiger charge is -2.08. The van der Waals surface area contributed by atoms with Gasteiger partial charge in [-0.2, -0.15) is 5.10 Å². The number of nitrogens with zero attached hydrogens (tertiary/aromatic N) is 1.